The van der Waals surface area contributed by atoms with Gasteiger partial charge in [-0.25, -0.2) is 4.98 Å². The predicted octanol–water partition coefficient (Wildman–Crippen LogP) is 17.1. The van der Waals surface area contributed by atoms with Gasteiger partial charge in [-0.3, -0.25) is 9.55 Å². The van der Waals surface area contributed by atoms with Gasteiger partial charge < -0.3 is 10.0 Å². The standard InChI is InChI=1S/C65H73N4O.Pt/c1-40-19-17-20-50(29-40)68-28-26-41-23-24-42(34-57(41)68)43-25-27-66-55(33-43)45-30-44(31-46(32-45)61(2,3)4)52-21-18-22-56-58(52)67-60(53-38-49(64(11,12)13)39-54(59(53)70)65(14,15)16)69(56)51-36-47(62(5,6)7)35-48(37-51)63(8,9)10;/h17-25,27,29,31-39,70H,26,28H2,1-16H3;/q-1;. The molecule has 0 aliphatic carbocycles. The van der Waals surface area contributed by atoms with Gasteiger partial charge in [-0.05, 0) is 128 Å². The molecule has 5 nitrogen and oxygen atoms in total. The van der Waals surface area contributed by atoms with E-state index in [1.807, 2.05) is 6.20 Å². The summed E-state index contributed by atoms with van der Waals surface area (Å²) < 4.78 is 2.30. The number of aryl methyl sites for hydroxylation is 1. The molecule has 0 amide bonds. The molecular weight excluding hydrogens is 1050 g/mol. The van der Waals surface area contributed by atoms with Crippen LogP contribution in [0.5, 0.6) is 5.75 Å². The maximum Gasteiger partial charge on any atom is 0.148 e. The third kappa shape index (κ3) is 10.2. The molecule has 6 heteroatoms. The molecule has 0 unspecified atom stereocenters. The summed E-state index contributed by atoms with van der Waals surface area (Å²) >= 11 is 0. The number of benzene rings is 6. The van der Waals surface area contributed by atoms with Gasteiger partial charge in [0.1, 0.15) is 11.6 Å². The average molecular weight is 1120 g/mol. The first kappa shape index (κ1) is 51.6. The van der Waals surface area contributed by atoms with Crippen LogP contribution in [0.3, 0.4) is 0 Å². The van der Waals surface area contributed by atoms with E-state index < -0.39 is 0 Å². The summed E-state index contributed by atoms with van der Waals surface area (Å²) in [5, 5.41) is 12.6. The zero-order chi connectivity index (χ0) is 50.5. The van der Waals surface area contributed by atoms with E-state index in [0.717, 1.165) is 79.9 Å². The molecule has 3 heterocycles. The maximum absolute atomic E-state index is 12.6. The van der Waals surface area contributed by atoms with Crippen molar-refractivity contribution in [2.45, 2.75) is 144 Å². The van der Waals surface area contributed by atoms with Crippen LogP contribution in [0.2, 0.25) is 0 Å². The Kier molecular flexibility index (Phi) is 13.3. The smallest absolute Gasteiger partial charge is 0.148 e. The summed E-state index contributed by atoms with van der Waals surface area (Å²) in [7, 11) is 0. The van der Waals surface area contributed by atoms with Crippen LogP contribution in [0.1, 0.15) is 143 Å². The number of hydrogen-bond donors (Lipinski definition) is 1. The zero-order valence-electron chi connectivity index (χ0n) is 45.0. The minimum Gasteiger partial charge on any atom is -0.507 e. The summed E-state index contributed by atoms with van der Waals surface area (Å²) in [6.07, 6.45) is 2.96. The van der Waals surface area contributed by atoms with E-state index in [1.54, 1.807) is 0 Å². The first-order valence-electron chi connectivity index (χ1n) is 25.2. The van der Waals surface area contributed by atoms with Crippen molar-refractivity contribution in [1.82, 2.24) is 14.5 Å². The third-order valence-electron chi connectivity index (χ3n) is 14.3. The van der Waals surface area contributed by atoms with Crippen LogP contribution in [0.15, 0.2) is 121 Å². The normalized spacial score (nSPS) is 13.4. The van der Waals surface area contributed by atoms with Crippen LogP contribution in [0, 0.1) is 13.0 Å². The van der Waals surface area contributed by atoms with Crippen molar-refractivity contribution in [2.24, 2.45) is 0 Å². The van der Waals surface area contributed by atoms with E-state index in [2.05, 4.69) is 242 Å². The molecule has 0 fully saturated rings. The zero-order valence-corrected chi connectivity index (χ0v) is 47.3. The Morgan fingerprint density at radius 1 is 0.549 bits per heavy atom. The van der Waals surface area contributed by atoms with Crippen molar-refractivity contribution in [1.29, 1.82) is 0 Å². The summed E-state index contributed by atoms with van der Waals surface area (Å²) in [5.41, 5.74) is 19.5. The molecule has 0 saturated heterocycles. The number of hydrogen-bond acceptors (Lipinski definition) is 4. The largest absolute Gasteiger partial charge is 0.507 e. The second kappa shape index (κ2) is 18.4. The molecule has 0 atom stereocenters. The molecule has 71 heavy (non-hydrogen) atoms. The van der Waals surface area contributed by atoms with E-state index in [4.69, 9.17) is 9.97 Å². The van der Waals surface area contributed by atoms with Crippen LogP contribution < -0.4 is 4.90 Å². The van der Waals surface area contributed by atoms with Crippen LogP contribution >= 0.6 is 0 Å². The number of aromatic hydroxyl groups is 1. The Balaban J connectivity index is 0.00000676. The van der Waals surface area contributed by atoms with Crippen molar-refractivity contribution in [3.8, 4) is 56.3 Å². The van der Waals surface area contributed by atoms with Gasteiger partial charge in [0, 0.05) is 62.1 Å². The van der Waals surface area contributed by atoms with E-state index in [-0.39, 0.29) is 53.9 Å². The summed E-state index contributed by atoms with van der Waals surface area (Å²) in [6.45, 7) is 36.9. The number of aromatic nitrogens is 3. The Hall–Kier alpha value is -5.77. The molecule has 9 rings (SSSR count). The number of pyridine rings is 1. The topological polar surface area (TPSA) is 54.2 Å². The average Bonchev–Trinajstić information content (AvgIpc) is 3.89. The Bertz CT molecular complexity index is 3290. The fourth-order valence-electron chi connectivity index (χ4n) is 9.84. The molecular formula is C65H73N4OPt-. The first-order chi connectivity index (χ1) is 32.6. The molecule has 0 spiro atoms. The third-order valence-corrected chi connectivity index (χ3v) is 14.3. The fraction of sp³-hybridized carbons (Fsp3) is 0.354. The molecule has 0 bridgehead atoms. The van der Waals surface area contributed by atoms with Crippen molar-refractivity contribution in [3.63, 3.8) is 0 Å². The monoisotopic (exact) mass is 1120 g/mol. The van der Waals surface area contributed by atoms with Gasteiger partial charge in [-0.2, -0.15) is 0 Å². The number of phenols is 1. The van der Waals surface area contributed by atoms with Gasteiger partial charge in [0.05, 0.1) is 16.6 Å². The Morgan fingerprint density at radius 3 is 1.79 bits per heavy atom. The summed E-state index contributed by atoms with van der Waals surface area (Å²) in [4.78, 5) is 13.2. The molecule has 1 aliphatic heterocycles. The van der Waals surface area contributed by atoms with Crippen molar-refractivity contribution in [3.05, 3.63) is 166 Å². The number of para-hydroxylation sites is 1. The van der Waals surface area contributed by atoms with Gasteiger partial charge >= 0.3 is 0 Å². The number of phenolic OH excluding ortho intramolecular Hbond substituents is 1. The summed E-state index contributed by atoms with van der Waals surface area (Å²) in [6, 6.07) is 46.4. The quantitative estimate of drug-likeness (QED) is 0.169. The number of anilines is 2. The maximum atomic E-state index is 12.6. The summed E-state index contributed by atoms with van der Waals surface area (Å²) in [5.74, 6) is 0.974. The van der Waals surface area contributed by atoms with E-state index in [1.165, 1.54) is 39.2 Å². The minimum atomic E-state index is -0.319. The number of fused-ring (bicyclic) bond motifs is 2. The van der Waals surface area contributed by atoms with E-state index in [9.17, 15) is 5.11 Å². The number of rotatable bonds is 6. The van der Waals surface area contributed by atoms with Gasteiger partial charge in [-0.15, -0.1) is 29.3 Å². The van der Waals surface area contributed by atoms with Gasteiger partial charge in [0.2, 0.25) is 0 Å². The van der Waals surface area contributed by atoms with Crippen LogP contribution in [-0.4, -0.2) is 26.2 Å². The van der Waals surface area contributed by atoms with E-state index in [0.29, 0.717) is 5.82 Å². The van der Waals surface area contributed by atoms with Crippen LogP contribution in [0.25, 0.3) is 61.6 Å². The Morgan fingerprint density at radius 2 is 1.15 bits per heavy atom. The molecule has 8 aromatic rings. The van der Waals surface area contributed by atoms with E-state index >= 15 is 0 Å². The fourth-order valence-corrected chi connectivity index (χ4v) is 9.84. The Labute approximate surface area is 439 Å². The second-order valence-electron chi connectivity index (χ2n) is 25.1. The SMILES string of the molecule is Cc1cccc(N2CCc3ccc(-c4ccnc(-c5[c-]c(-c6cccc7c6nc(-c6cc(C(C)(C)C)cc(C(C)(C)C)c6O)n7-c6cc(C(C)(C)C)cc(C(C)(C)C)c6)cc(C(C)(C)C)c5)c4)cc32)c1.[Pt]. The molecule has 1 aliphatic rings. The molecule has 6 aromatic carbocycles. The van der Waals surface area contributed by atoms with Crippen molar-refractivity contribution < 1.29 is 26.2 Å². The predicted molar refractivity (Wildman–Crippen MR) is 296 cm³/mol. The van der Waals surface area contributed by atoms with Crippen LogP contribution in [-0.2, 0) is 54.6 Å². The first-order valence-corrected chi connectivity index (χ1v) is 25.2. The minimum absolute atomic E-state index is 0. The molecule has 0 saturated carbocycles. The molecule has 370 valence electrons. The molecule has 0 radical (unpaired) electrons. The number of imidazole rings is 1. The van der Waals surface area contributed by atoms with Crippen LogP contribution in [0.4, 0.5) is 11.4 Å². The van der Waals surface area contributed by atoms with Crippen molar-refractivity contribution in [2.75, 3.05) is 11.4 Å². The number of nitrogens with zero attached hydrogens (tertiary/aromatic N) is 4. The van der Waals surface area contributed by atoms with Gasteiger partial charge in [0.15, 0.2) is 0 Å². The molecule has 1 N–H and O–H groups in total. The molecule has 2 aromatic heterocycles. The van der Waals surface area contributed by atoms with Gasteiger partial charge in [0.25, 0.3) is 0 Å². The second-order valence-corrected chi connectivity index (χ2v) is 25.1. The van der Waals surface area contributed by atoms with Gasteiger partial charge in [-0.1, -0.05) is 170 Å². The van der Waals surface area contributed by atoms with Crippen molar-refractivity contribution >= 4 is 22.4 Å².